The molecule has 0 fully saturated rings. The topological polar surface area (TPSA) is 29.5 Å². The Labute approximate surface area is 68.3 Å². The van der Waals surface area contributed by atoms with Crippen molar-refractivity contribution in [3.63, 3.8) is 0 Å². The van der Waals surface area contributed by atoms with Gasteiger partial charge in [0.05, 0.1) is 6.61 Å². The van der Waals surface area contributed by atoms with Gasteiger partial charge in [-0.05, 0) is 27.4 Å². The van der Waals surface area contributed by atoms with Crippen molar-refractivity contribution < 1.29 is 9.53 Å². The third-order valence-corrected chi connectivity index (χ3v) is 1.34. The summed E-state index contributed by atoms with van der Waals surface area (Å²) < 4.78 is 4.87. The zero-order valence-corrected chi connectivity index (χ0v) is 7.46. The van der Waals surface area contributed by atoms with E-state index in [1.165, 1.54) is 0 Å². The molecule has 0 aromatic heterocycles. The van der Waals surface area contributed by atoms with Crippen LogP contribution in [-0.4, -0.2) is 37.6 Å². The molecule has 0 aromatic rings. The van der Waals surface area contributed by atoms with E-state index in [1.54, 1.807) is 19.0 Å². The lowest BCUT2D eigenvalue weighted by Gasteiger charge is -2.17. The van der Waals surface area contributed by atoms with E-state index in [9.17, 15) is 4.79 Å². The fourth-order valence-corrected chi connectivity index (χ4v) is 0.510. The van der Waals surface area contributed by atoms with E-state index in [0.29, 0.717) is 6.61 Å². The number of esters is 1. The summed E-state index contributed by atoms with van der Waals surface area (Å²) in [6.45, 7) is 6.09. The highest BCUT2D eigenvalue weighted by Crippen LogP contribution is 1.94. The maximum absolute atomic E-state index is 11.0. The number of carbonyl (C=O) groups is 1. The zero-order chi connectivity index (χ0) is 8.85. The van der Waals surface area contributed by atoms with Crippen LogP contribution in [0, 0.1) is 6.92 Å². The average molecular weight is 158 g/mol. The molecule has 0 saturated carbocycles. The molecule has 0 N–H and O–H groups in total. The Bertz CT molecular complexity index is 123. The SMILES string of the molecule is [CH2]C(C(=O)OCCC)N(C)C. The first kappa shape index (κ1) is 10.4. The Morgan fingerprint density at radius 1 is 1.64 bits per heavy atom. The van der Waals surface area contributed by atoms with Crippen LogP contribution in [-0.2, 0) is 9.53 Å². The largest absolute Gasteiger partial charge is 0.465 e. The number of carbonyl (C=O) groups excluding carboxylic acids is 1. The lowest BCUT2D eigenvalue weighted by atomic mass is 10.3. The molecule has 0 bridgehead atoms. The van der Waals surface area contributed by atoms with Gasteiger partial charge in [-0.15, -0.1) is 0 Å². The van der Waals surface area contributed by atoms with Gasteiger partial charge < -0.3 is 4.74 Å². The summed E-state index contributed by atoms with van der Waals surface area (Å²) in [7, 11) is 3.59. The second-order valence-electron chi connectivity index (χ2n) is 2.65. The number of likely N-dealkylation sites (N-methyl/N-ethyl adjacent to an activating group) is 1. The molecule has 0 rings (SSSR count). The van der Waals surface area contributed by atoms with Crippen molar-refractivity contribution in [2.45, 2.75) is 19.4 Å². The lowest BCUT2D eigenvalue weighted by Crippen LogP contribution is -2.34. The first-order valence-corrected chi connectivity index (χ1v) is 3.75. The number of hydrogen-bond acceptors (Lipinski definition) is 3. The van der Waals surface area contributed by atoms with Crippen LogP contribution in [0.3, 0.4) is 0 Å². The first-order valence-electron chi connectivity index (χ1n) is 3.75. The molecule has 1 atom stereocenters. The van der Waals surface area contributed by atoms with Crippen LogP contribution in [0.1, 0.15) is 13.3 Å². The number of hydrogen-bond donors (Lipinski definition) is 0. The van der Waals surface area contributed by atoms with E-state index < -0.39 is 0 Å². The fourth-order valence-electron chi connectivity index (χ4n) is 0.510. The quantitative estimate of drug-likeness (QED) is 0.564. The molecular formula is C8H16NO2. The smallest absolute Gasteiger partial charge is 0.323 e. The molecule has 3 heteroatoms. The monoisotopic (exact) mass is 158 g/mol. The minimum atomic E-state index is -0.387. The van der Waals surface area contributed by atoms with Crippen molar-refractivity contribution in [3.05, 3.63) is 6.92 Å². The van der Waals surface area contributed by atoms with Gasteiger partial charge in [-0.25, -0.2) is 0 Å². The summed E-state index contributed by atoms with van der Waals surface area (Å²) in [5, 5.41) is 0. The molecule has 1 unspecified atom stereocenters. The van der Waals surface area contributed by atoms with Gasteiger partial charge in [0.25, 0.3) is 0 Å². The van der Waals surface area contributed by atoms with Crippen molar-refractivity contribution in [1.82, 2.24) is 4.90 Å². The highest BCUT2D eigenvalue weighted by molar-refractivity contribution is 5.76. The predicted molar refractivity (Wildman–Crippen MR) is 44.1 cm³/mol. The van der Waals surface area contributed by atoms with Gasteiger partial charge in [-0.1, -0.05) is 6.92 Å². The molecule has 0 amide bonds. The highest BCUT2D eigenvalue weighted by atomic mass is 16.5. The van der Waals surface area contributed by atoms with Gasteiger partial charge in [0.1, 0.15) is 6.04 Å². The molecule has 0 spiro atoms. The molecule has 0 aromatic carbocycles. The van der Waals surface area contributed by atoms with Crippen molar-refractivity contribution in [1.29, 1.82) is 0 Å². The van der Waals surface area contributed by atoms with Gasteiger partial charge in [0, 0.05) is 0 Å². The van der Waals surface area contributed by atoms with Crippen LogP contribution < -0.4 is 0 Å². The maximum Gasteiger partial charge on any atom is 0.323 e. The van der Waals surface area contributed by atoms with E-state index in [4.69, 9.17) is 4.74 Å². The molecule has 3 nitrogen and oxygen atoms in total. The fraction of sp³-hybridized carbons (Fsp3) is 0.750. The van der Waals surface area contributed by atoms with Crippen LogP contribution in [0.2, 0.25) is 0 Å². The summed E-state index contributed by atoms with van der Waals surface area (Å²) in [5.74, 6) is -0.253. The van der Waals surface area contributed by atoms with Gasteiger partial charge in [0.2, 0.25) is 0 Å². The molecule has 11 heavy (non-hydrogen) atoms. The lowest BCUT2D eigenvalue weighted by molar-refractivity contribution is -0.147. The Kier molecular flexibility index (Phi) is 4.86. The van der Waals surface area contributed by atoms with Crippen LogP contribution in [0.4, 0.5) is 0 Å². The predicted octanol–water partition coefficient (Wildman–Crippen LogP) is 0.704. The first-order chi connectivity index (χ1) is 5.09. The van der Waals surface area contributed by atoms with Crippen molar-refractivity contribution in [3.8, 4) is 0 Å². The van der Waals surface area contributed by atoms with E-state index in [-0.39, 0.29) is 12.0 Å². The Hall–Kier alpha value is -0.570. The summed E-state index contributed by atoms with van der Waals surface area (Å²) in [6.07, 6.45) is 0.853. The Morgan fingerprint density at radius 2 is 2.18 bits per heavy atom. The molecule has 0 aliphatic heterocycles. The van der Waals surface area contributed by atoms with Gasteiger partial charge >= 0.3 is 5.97 Å². The van der Waals surface area contributed by atoms with Crippen molar-refractivity contribution in [2.24, 2.45) is 0 Å². The van der Waals surface area contributed by atoms with Gasteiger partial charge in [-0.3, -0.25) is 9.69 Å². The van der Waals surface area contributed by atoms with E-state index in [1.807, 2.05) is 6.92 Å². The molecular weight excluding hydrogens is 142 g/mol. The van der Waals surface area contributed by atoms with Crippen LogP contribution in [0.5, 0.6) is 0 Å². The van der Waals surface area contributed by atoms with E-state index in [0.717, 1.165) is 6.42 Å². The van der Waals surface area contributed by atoms with Crippen LogP contribution >= 0.6 is 0 Å². The molecule has 1 radical (unpaired) electrons. The molecule has 65 valence electrons. The van der Waals surface area contributed by atoms with Crippen LogP contribution in [0.25, 0.3) is 0 Å². The summed E-state index contributed by atoms with van der Waals surface area (Å²) in [6, 6.07) is -0.387. The Morgan fingerprint density at radius 3 is 2.55 bits per heavy atom. The highest BCUT2D eigenvalue weighted by Gasteiger charge is 2.15. The zero-order valence-electron chi connectivity index (χ0n) is 7.46. The molecule has 0 heterocycles. The molecule has 0 saturated heterocycles. The summed E-state index contributed by atoms with van der Waals surface area (Å²) >= 11 is 0. The standard InChI is InChI=1S/C8H16NO2/c1-5-6-11-8(10)7(2)9(3)4/h7H,2,5-6H2,1,3-4H3. The van der Waals surface area contributed by atoms with Crippen LogP contribution in [0.15, 0.2) is 0 Å². The maximum atomic E-state index is 11.0. The minimum Gasteiger partial charge on any atom is -0.465 e. The molecule has 0 aliphatic rings. The summed E-state index contributed by atoms with van der Waals surface area (Å²) in [4.78, 5) is 12.7. The number of ether oxygens (including phenoxy) is 1. The average Bonchev–Trinajstić information content (AvgIpc) is 1.98. The van der Waals surface area contributed by atoms with Gasteiger partial charge in [-0.2, -0.15) is 0 Å². The number of rotatable bonds is 4. The van der Waals surface area contributed by atoms with Gasteiger partial charge in [0.15, 0.2) is 0 Å². The number of nitrogens with zero attached hydrogens (tertiary/aromatic N) is 1. The van der Waals surface area contributed by atoms with Crippen molar-refractivity contribution in [2.75, 3.05) is 20.7 Å². The van der Waals surface area contributed by atoms with E-state index >= 15 is 0 Å². The minimum absolute atomic E-state index is 0.253. The normalized spacial score (nSPS) is 13.2. The third kappa shape index (κ3) is 3.98. The second kappa shape index (κ2) is 5.13. The second-order valence-corrected chi connectivity index (χ2v) is 2.65. The molecule has 0 aliphatic carbocycles. The van der Waals surface area contributed by atoms with E-state index in [2.05, 4.69) is 6.92 Å². The van der Waals surface area contributed by atoms with Crippen molar-refractivity contribution >= 4 is 5.97 Å². The Balaban J connectivity index is 3.64. The third-order valence-electron chi connectivity index (χ3n) is 1.34. The summed E-state index contributed by atoms with van der Waals surface area (Å²) in [5.41, 5.74) is 0.